The van der Waals surface area contributed by atoms with Gasteiger partial charge in [0.25, 0.3) is 0 Å². The summed E-state index contributed by atoms with van der Waals surface area (Å²) in [7, 11) is 0. The molecule has 0 aromatic rings. The maximum atomic E-state index is 2.83. The molecule has 2 aliphatic heterocycles. The molecule has 118 valence electrons. The fourth-order valence-corrected chi connectivity index (χ4v) is 4.50. The Morgan fingerprint density at radius 1 is 0.500 bits per heavy atom. The van der Waals surface area contributed by atoms with Crippen molar-refractivity contribution in [2.75, 3.05) is 26.2 Å². The van der Waals surface area contributed by atoms with E-state index in [1.165, 1.54) is 64.7 Å². The van der Waals surface area contributed by atoms with E-state index in [9.17, 15) is 0 Å². The zero-order valence-corrected chi connectivity index (χ0v) is 14.3. The molecule has 0 unspecified atom stereocenters. The van der Waals surface area contributed by atoms with Crippen LogP contribution in [0.4, 0.5) is 0 Å². The molecule has 0 aromatic carbocycles. The average Bonchev–Trinajstić information content (AvgIpc) is 2.45. The summed E-state index contributed by atoms with van der Waals surface area (Å²) in [6.07, 6.45) is 8.53. The van der Waals surface area contributed by atoms with Crippen LogP contribution < -0.4 is 0 Å². The van der Waals surface area contributed by atoms with Crippen LogP contribution >= 0.6 is 0 Å². The SMILES string of the molecule is CC(C)[C@@H]([C@H](C(C)C)N1CCCCC1)N1CCCCC1. The molecule has 2 fully saturated rings. The molecular weight excluding hydrogens is 244 g/mol. The Morgan fingerprint density at radius 2 is 0.800 bits per heavy atom. The van der Waals surface area contributed by atoms with Gasteiger partial charge >= 0.3 is 0 Å². The van der Waals surface area contributed by atoms with Gasteiger partial charge in [-0.2, -0.15) is 0 Å². The smallest absolute Gasteiger partial charge is 0.0277 e. The Balaban J connectivity index is 2.13. The number of likely N-dealkylation sites (tertiary alicyclic amines) is 2. The summed E-state index contributed by atoms with van der Waals surface area (Å²) >= 11 is 0. The van der Waals surface area contributed by atoms with Crippen molar-refractivity contribution in [2.45, 2.75) is 78.3 Å². The molecule has 0 aromatic heterocycles. The number of nitrogens with zero attached hydrogens (tertiary/aromatic N) is 2. The Bertz CT molecular complexity index is 235. The van der Waals surface area contributed by atoms with Crippen molar-refractivity contribution >= 4 is 0 Å². The van der Waals surface area contributed by atoms with Crippen molar-refractivity contribution < 1.29 is 0 Å². The zero-order valence-electron chi connectivity index (χ0n) is 14.3. The van der Waals surface area contributed by atoms with Crippen molar-refractivity contribution in [1.82, 2.24) is 9.80 Å². The molecule has 2 heteroatoms. The molecule has 0 bridgehead atoms. The van der Waals surface area contributed by atoms with Gasteiger partial charge in [0.05, 0.1) is 0 Å². The molecule has 2 heterocycles. The second kappa shape index (κ2) is 7.79. The van der Waals surface area contributed by atoms with Gasteiger partial charge in [-0.25, -0.2) is 0 Å². The van der Waals surface area contributed by atoms with E-state index in [4.69, 9.17) is 0 Å². The lowest BCUT2D eigenvalue weighted by atomic mass is 9.84. The van der Waals surface area contributed by atoms with Crippen LogP contribution in [0.1, 0.15) is 66.2 Å². The summed E-state index contributed by atoms with van der Waals surface area (Å²) in [6, 6.07) is 1.52. The molecular formula is C18H36N2. The number of hydrogen-bond acceptors (Lipinski definition) is 2. The Kier molecular flexibility index (Phi) is 6.35. The van der Waals surface area contributed by atoms with Crippen LogP contribution in [0.25, 0.3) is 0 Å². The van der Waals surface area contributed by atoms with Crippen molar-refractivity contribution in [1.29, 1.82) is 0 Å². The van der Waals surface area contributed by atoms with Gasteiger partial charge in [-0.05, 0) is 63.7 Å². The summed E-state index contributed by atoms with van der Waals surface area (Å²) in [5.41, 5.74) is 0. The lowest BCUT2D eigenvalue weighted by Gasteiger charge is -2.48. The minimum Gasteiger partial charge on any atom is -0.299 e. The van der Waals surface area contributed by atoms with Crippen molar-refractivity contribution in [3.05, 3.63) is 0 Å². The largest absolute Gasteiger partial charge is 0.299 e. The second-order valence-corrected chi connectivity index (χ2v) is 7.66. The third kappa shape index (κ3) is 3.98. The lowest BCUT2D eigenvalue weighted by molar-refractivity contribution is 0.00913. The van der Waals surface area contributed by atoms with Gasteiger partial charge in [0.2, 0.25) is 0 Å². The minimum atomic E-state index is 0.758. The first-order valence-electron chi connectivity index (χ1n) is 9.09. The Labute approximate surface area is 126 Å². The Hall–Kier alpha value is -0.0800. The first-order chi connectivity index (χ1) is 9.61. The molecule has 20 heavy (non-hydrogen) atoms. The molecule has 0 N–H and O–H groups in total. The van der Waals surface area contributed by atoms with Gasteiger partial charge < -0.3 is 0 Å². The molecule has 0 amide bonds. The topological polar surface area (TPSA) is 6.48 Å². The second-order valence-electron chi connectivity index (χ2n) is 7.66. The van der Waals surface area contributed by atoms with E-state index in [0.29, 0.717) is 0 Å². The average molecular weight is 280 g/mol. The molecule has 0 spiro atoms. The standard InChI is InChI=1S/C18H36N2/c1-15(2)17(19-11-7-5-8-12-19)18(16(3)4)20-13-9-6-10-14-20/h15-18H,5-14H2,1-4H3/t17-,18-/m0/s1. The van der Waals surface area contributed by atoms with Crippen LogP contribution in [0.15, 0.2) is 0 Å². The molecule has 0 saturated carbocycles. The number of rotatable bonds is 5. The van der Waals surface area contributed by atoms with E-state index in [0.717, 1.165) is 23.9 Å². The van der Waals surface area contributed by atoms with E-state index in [1.54, 1.807) is 0 Å². The summed E-state index contributed by atoms with van der Waals surface area (Å²) in [6.45, 7) is 15.1. The first-order valence-corrected chi connectivity index (χ1v) is 9.09. The summed E-state index contributed by atoms with van der Waals surface area (Å²) in [5.74, 6) is 1.53. The van der Waals surface area contributed by atoms with Crippen LogP contribution in [0, 0.1) is 11.8 Å². The maximum Gasteiger partial charge on any atom is 0.0277 e. The van der Waals surface area contributed by atoms with Crippen LogP contribution in [-0.2, 0) is 0 Å². The van der Waals surface area contributed by atoms with Gasteiger partial charge in [-0.3, -0.25) is 9.80 Å². The van der Waals surface area contributed by atoms with E-state index >= 15 is 0 Å². The quantitative estimate of drug-likeness (QED) is 0.751. The van der Waals surface area contributed by atoms with E-state index in [-0.39, 0.29) is 0 Å². The minimum absolute atomic E-state index is 0.758. The molecule has 0 radical (unpaired) electrons. The van der Waals surface area contributed by atoms with Gasteiger partial charge in [-0.1, -0.05) is 40.5 Å². The number of hydrogen-bond donors (Lipinski definition) is 0. The van der Waals surface area contributed by atoms with E-state index < -0.39 is 0 Å². The van der Waals surface area contributed by atoms with Crippen molar-refractivity contribution in [2.24, 2.45) is 11.8 Å². The monoisotopic (exact) mass is 280 g/mol. The molecule has 2 nitrogen and oxygen atoms in total. The molecule has 2 saturated heterocycles. The third-order valence-corrected chi connectivity index (χ3v) is 5.34. The highest BCUT2D eigenvalue weighted by Gasteiger charge is 2.36. The highest BCUT2D eigenvalue weighted by Crippen LogP contribution is 2.29. The summed E-state index contributed by atoms with van der Waals surface area (Å²) < 4.78 is 0. The predicted molar refractivity (Wildman–Crippen MR) is 88.1 cm³/mol. The molecule has 2 atom stereocenters. The van der Waals surface area contributed by atoms with Gasteiger partial charge in [-0.15, -0.1) is 0 Å². The van der Waals surface area contributed by atoms with E-state index in [2.05, 4.69) is 37.5 Å². The van der Waals surface area contributed by atoms with Crippen LogP contribution in [0.5, 0.6) is 0 Å². The predicted octanol–water partition coefficient (Wildman–Crippen LogP) is 4.01. The van der Waals surface area contributed by atoms with Crippen LogP contribution in [0.3, 0.4) is 0 Å². The van der Waals surface area contributed by atoms with Crippen molar-refractivity contribution in [3.63, 3.8) is 0 Å². The van der Waals surface area contributed by atoms with Crippen LogP contribution in [0.2, 0.25) is 0 Å². The van der Waals surface area contributed by atoms with E-state index in [1.807, 2.05) is 0 Å². The fourth-order valence-electron chi connectivity index (χ4n) is 4.50. The molecule has 2 rings (SSSR count). The molecule has 0 aliphatic carbocycles. The highest BCUT2D eigenvalue weighted by molar-refractivity contribution is 4.92. The summed E-state index contributed by atoms with van der Waals surface area (Å²) in [5, 5.41) is 0. The Morgan fingerprint density at radius 3 is 1.05 bits per heavy atom. The van der Waals surface area contributed by atoms with Gasteiger partial charge in [0.15, 0.2) is 0 Å². The van der Waals surface area contributed by atoms with Gasteiger partial charge in [0, 0.05) is 12.1 Å². The zero-order chi connectivity index (χ0) is 14.5. The maximum absolute atomic E-state index is 2.83. The summed E-state index contributed by atoms with van der Waals surface area (Å²) in [4.78, 5) is 5.65. The van der Waals surface area contributed by atoms with Gasteiger partial charge in [0.1, 0.15) is 0 Å². The highest BCUT2D eigenvalue weighted by atomic mass is 15.3. The third-order valence-electron chi connectivity index (χ3n) is 5.34. The normalized spacial score (nSPS) is 26.1. The molecule has 2 aliphatic rings. The van der Waals surface area contributed by atoms with Crippen LogP contribution in [-0.4, -0.2) is 48.1 Å². The first kappa shape index (κ1) is 16.3. The lowest BCUT2D eigenvalue weighted by Crippen LogP contribution is -2.58. The number of piperidine rings is 2. The van der Waals surface area contributed by atoms with Crippen molar-refractivity contribution in [3.8, 4) is 0 Å². The fraction of sp³-hybridized carbons (Fsp3) is 1.00.